The molecule has 0 amide bonds. The molecule has 86 valence electrons. The summed E-state index contributed by atoms with van der Waals surface area (Å²) in [6.07, 6.45) is 4.52. The zero-order valence-electron chi connectivity index (χ0n) is 9.45. The van der Waals surface area contributed by atoms with Crippen LogP contribution in [0.5, 0.6) is 5.75 Å². The predicted molar refractivity (Wildman–Crippen MR) is 64.7 cm³/mol. The third kappa shape index (κ3) is 1.55. The van der Waals surface area contributed by atoms with Gasteiger partial charge in [-0.25, -0.2) is 0 Å². The maximum Gasteiger partial charge on any atom is 0.120 e. The summed E-state index contributed by atoms with van der Waals surface area (Å²) in [4.78, 5) is 2.37. The largest absolute Gasteiger partial charge is 0.508 e. The lowest BCUT2D eigenvalue weighted by Crippen LogP contribution is -2.21. The smallest absolute Gasteiger partial charge is 0.120 e. The second-order valence-corrected chi connectivity index (χ2v) is 5.05. The molecule has 3 rings (SSSR count). The Hall–Kier alpha value is -1.22. The Labute approximate surface area is 95.9 Å². The van der Waals surface area contributed by atoms with Crippen molar-refractivity contribution in [1.82, 2.24) is 0 Å². The first-order valence-electron chi connectivity index (χ1n) is 6.06. The average molecular weight is 218 g/mol. The summed E-state index contributed by atoms with van der Waals surface area (Å²) >= 11 is 0. The van der Waals surface area contributed by atoms with Gasteiger partial charge in [0.25, 0.3) is 0 Å². The van der Waals surface area contributed by atoms with Gasteiger partial charge in [0.15, 0.2) is 0 Å². The van der Waals surface area contributed by atoms with E-state index < -0.39 is 0 Å². The van der Waals surface area contributed by atoms with Crippen LogP contribution in [0.2, 0.25) is 0 Å². The molecule has 3 N–H and O–H groups in total. The first-order valence-corrected chi connectivity index (χ1v) is 6.06. The van der Waals surface area contributed by atoms with Crippen LogP contribution in [0.15, 0.2) is 18.2 Å². The van der Waals surface area contributed by atoms with Crippen LogP contribution in [0.25, 0.3) is 0 Å². The van der Waals surface area contributed by atoms with Gasteiger partial charge in [-0.05, 0) is 43.9 Å². The minimum atomic E-state index is -0.250. The van der Waals surface area contributed by atoms with Crippen molar-refractivity contribution in [1.29, 1.82) is 0 Å². The summed E-state index contributed by atoms with van der Waals surface area (Å²) in [5.74, 6) is 0.350. The molecule has 0 unspecified atom stereocenters. The van der Waals surface area contributed by atoms with E-state index >= 15 is 0 Å². The van der Waals surface area contributed by atoms with E-state index in [0.717, 1.165) is 31.5 Å². The van der Waals surface area contributed by atoms with Crippen LogP contribution >= 0.6 is 0 Å². The van der Waals surface area contributed by atoms with Crippen molar-refractivity contribution in [3.8, 4) is 5.75 Å². The SMILES string of the molecule is NC1(c2cc(N3CCCC3)ccc2O)CC1. The maximum absolute atomic E-state index is 9.85. The molecule has 0 radical (unpaired) electrons. The second kappa shape index (κ2) is 3.39. The highest BCUT2D eigenvalue weighted by atomic mass is 16.3. The average Bonchev–Trinajstić information content (AvgIpc) is 2.83. The lowest BCUT2D eigenvalue weighted by Gasteiger charge is -2.20. The third-order valence-electron chi connectivity index (χ3n) is 3.78. The van der Waals surface area contributed by atoms with Gasteiger partial charge in [-0.1, -0.05) is 0 Å². The molecule has 1 aliphatic heterocycles. The predicted octanol–water partition coefficient (Wildman–Crippen LogP) is 1.94. The Kier molecular flexibility index (Phi) is 2.11. The quantitative estimate of drug-likeness (QED) is 0.797. The highest BCUT2D eigenvalue weighted by Gasteiger charge is 2.42. The number of rotatable bonds is 2. The number of phenols is 1. The van der Waals surface area contributed by atoms with Gasteiger partial charge >= 0.3 is 0 Å². The molecule has 16 heavy (non-hydrogen) atoms. The number of nitrogens with zero attached hydrogens (tertiary/aromatic N) is 1. The van der Waals surface area contributed by atoms with Crippen LogP contribution in [0.3, 0.4) is 0 Å². The van der Waals surface area contributed by atoms with Crippen LogP contribution < -0.4 is 10.6 Å². The van der Waals surface area contributed by atoms with Crippen LogP contribution in [0, 0.1) is 0 Å². The number of hydrogen-bond donors (Lipinski definition) is 2. The van der Waals surface area contributed by atoms with E-state index in [2.05, 4.69) is 11.0 Å². The van der Waals surface area contributed by atoms with Crippen LogP contribution in [-0.4, -0.2) is 18.2 Å². The van der Waals surface area contributed by atoms with Gasteiger partial charge in [0.05, 0.1) is 0 Å². The lowest BCUT2D eigenvalue weighted by atomic mass is 10.0. The van der Waals surface area contributed by atoms with E-state index in [1.807, 2.05) is 6.07 Å². The van der Waals surface area contributed by atoms with Crippen LogP contribution in [-0.2, 0) is 5.54 Å². The van der Waals surface area contributed by atoms with Crippen molar-refractivity contribution in [2.24, 2.45) is 5.73 Å². The summed E-state index contributed by atoms with van der Waals surface area (Å²) in [5, 5.41) is 9.85. The molecular weight excluding hydrogens is 200 g/mol. The number of phenolic OH excluding ortho intramolecular Hbond substituents is 1. The van der Waals surface area contributed by atoms with Crippen molar-refractivity contribution in [2.75, 3.05) is 18.0 Å². The molecule has 1 heterocycles. The summed E-state index contributed by atoms with van der Waals surface area (Å²) in [7, 11) is 0. The van der Waals surface area contributed by atoms with E-state index in [-0.39, 0.29) is 5.54 Å². The zero-order chi connectivity index (χ0) is 11.2. The Morgan fingerprint density at radius 3 is 2.50 bits per heavy atom. The Morgan fingerprint density at radius 1 is 1.19 bits per heavy atom. The highest BCUT2D eigenvalue weighted by molar-refractivity contribution is 5.56. The van der Waals surface area contributed by atoms with Gasteiger partial charge in [-0.2, -0.15) is 0 Å². The van der Waals surface area contributed by atoms with Gasteiger partial charge in [0.1, 0.15) is 5.75 Å². The number of hydrogen-bond acceptors (Lipinski definition) is 3. The van der Waals surface area contributed by atoms with Crippen LogP contribution in [0.1, 0.15) is 31.2 Å². The van der Waals surface area contributed by atoms with Crippen molar-refractivity contribution in [3.63, 3.8) is 0 Å². The molecule has 1 saturated carbocycles. The summed E-state index contributed by atoms with van der Waals surface area (Å²) in [6, 6.07) is 5.86. The molecule has 1 aliphatic carbocycles. The van der Waals surface area contributed by atoms with Gasteiger partial charge in [0.2, 0.25) is 0 Å². The van der Waals surface area contributed by atoms with Crippen molar-refractivity contribution in [3.05, 3.63) is 23.8 Å². The van der Waals surface area contributed by atoms with E-state index in [1.165, 1.54) is 18.5 Å². The summed E-state index contributed by atoms with van der Waals surface area (Å²) < 4.78 is 0. The van der Waals surface area contributed by atoms with Crippen molar-refractivity contribution < 1.29 is 5.11 Å². The summed E-state index contributed by atoms with van der Waals surface area (Å²) in [6.45, 7) is 2.25. The van der Waals surface area contributed by atoms with Gasteiger partial charge < -0.3 is 15.7 Å². The van der Waals surface area contributed by atoms with E-state index in [4.69, 9.17) is 5.73 Å². The molecule has 1 aromatic carbocycles. The van der Waals surface area contributed by atoms with Gasteiger partial charge in [0, 0.05) is 29.9 Å². The zero-order valence-corrected chi connectivity index (χ0v) is 9.45. The number of nitrogens with two attached hydrogens (primary N) is 1. The first kappa shape index (κ1) is 9.97. The molecule has 0 bridgehead atoms. The van der Waals surface area contributed by atoms with Crippen molar-refractivity contribution in [2.45, 2.75) is 31.2 Å². The Morgan fingerprint density at radius 2 is 1.88 bits per heavy atom. The molecule has 3 heteroatoms. The number of benzene rings is 1. The minimum Gasteiger partial charge on any atom is -0.508 e. The molecule has 1 aromatic rings. The normalized spacial score (nSPS) is 22.4. The Balaban J connectivity index is 1.95. The second-order valence-electron chi connectivity index (χ2n) is 5.05. The third-order valence-corrected chi connectivity index (χ3v) is 3.78. The maximum atomic E-state index is 9.85. The Bertz CT molecular complexity index is 406. The fourth-order valence-corrected chi connectivity index (χ4v) is 2.50. The molecule has 0 aromatic heterocycles. The van der Waals surface area contributed by atoms with E-state index in [9.17, 15) is 5.11 Å². The fraction of sp³-hybridized carbons (Fsp3) is 0.538. The highest BCUT2D eigenvalue weighted by Crippen LogP contribution is 2.47. The molecule has 0 atom stereocenters. The molecule has 0 spiro atoms. The van der Waals surface area contributed by atoms with Gasteiger partial charge in [-0.3, -0.25) is 0 Å². The standard InChI is InChI=1S/C13H18N2O/c14-13(5-6-13)11-9-10(3-4-12(11)16)15-7-1-2-8-15/h3-4,9,16H,1-2,5-8,14H2. The molecule has 2 fully saturated rings. The lowest BCUT2D eigenvalue weighted by molar-refractivity contribution is 0.460. The first-order chi connectivity index (χ1) is 7.69. The van der Waals surface area contributed by atoms with Gasteiger partial charge in [-0.15, -0.1) is 0 Å². The molecule has 3 nitrogen and oxygen atoms in total. The van der Waals surface area contributed by atoms with Crippen LogP contribution in [0.4, 0.5) is 5.69 Å². The number of aromatic hydroxyl groups is 1. The summed E-state index contributed by atoms with van der Waals surface area (Å²) in [5.41, 5.74) is 8.05. The van der Waals surface area contributed by atoms with E-state index in [1.54, 1.807) is 6.07 Å². The molecular formula is C13H18N2O. The number of anilines is 1. The topological polar surface area (TPSA) is 49.5 Å². The monoisotopic (exact) mass is 218 g/mol. The molecule has 2 aliphatic rings. The van der Waals surface area contributed by atoms with E-state index in [0.29, 0.717) is 5.75 Å². The fourth-order valence-electron chi connectivity index (χ4n) is 2.50. The molecule has 1 saturated heterocycles. The minimum absolute atomic E-state index is 0.250. The van der Waals surface area contributed by atoms with Crippen molar-refractivity contribution >= 4 is 5.69 Å².